The molecule has 0 atom stereocenters. The molecule has 0 aromatic carbocycles. The summed E-state index contributed by atoms with van der Waals surface area (Å²) in [5.74, 6) is 0. The van der Waals surface area contributed by atoms with Gasteiger partial charge in [-0.2, -0.15) is 21.0 Å². The third-order valence-corrected chi connectivity index (χ3v) is 4.88. The predicted octanol–water partition coefficient (Wildman–Crippen LogP) is 2.08. The Kier molecular flexibility index (Phi) is 3.51. The molecule has 0 aromatic rings. The van der Waals surface area contributed by atoms with E-state index in [9.17, 15) is 25.8 Å². The van der Waals surface area contributed by atoms with E-state index in [0.717, 1.165) is 0 Å². The van der Waals surface area contributed by atoms with E-state index in [1.54, 1.807) is 20.8 Å². The van der Waals surface area contributed by atoms with Gasteiger partial charge in [0.2, 0.25) is 0 Å². The number of amides is 1. The lowest BCUT2D eigenvalue weighted by atomic mass is 9.83. The van der Waals surface area contributed by atoms with Crippen LogP contribution in [0.4, 0.5) is 4.79 Å². The van der Waals surface area contributed by atoms with E-state index in [-0.39, 0.29) is 25.9 Å². The summed E-state index contributed by atoms with van der Waals surface area (Å²) in [4.78, 5) is 13.6. The second-order valence-electron chi connectivity index (χ2n) is 7.00. The van der Waals surface area contributed by atoms with Crippen molar-refractivity contribution in [3.63, 3.8) is 0 Å². The molecule has 7 heteroatoms. The molecule has 0 aromatic heterocycles. The van der Waals surface area contributed by atoms with Crippen molar-refractivity contribution in [3.8, 4) is 24.3 Å². The molecule has 1 saturated carbocycles. The topological polar surface area (TPSA) is 125 Å². The van der Waals surface area contributed by atoms with E-state index in [2.05, 4.69) is 0 Å². The van der Waals surface area contributed by atoms with Crippen LogP contribution in [-0.2, 0) is 4.74 Å². The number of likely N-dealkylation sites (tertiary alicyclic amines) is 1. The molecule has 0 unspecified atom stereocenters. The smallest absolute Gasteiger partial charge is 0.410 e. The van der Waals surface area contributed by atoms with Gasteiger partial charge in [0.1, 0.15) is 5.60 Å². The Labute approximate surface area is 135 Å². The maximum atomic E-state index is 12.1. The lowest BCUT2D eigenvalue weighted by Crippen LogP contribution is -2.43. The van der Waals surface area contributed by atoms with Gasteiger partial charge in [0.25, 0.3) is 0 Å². The molecule has 1 aliphatic heterocycles. The summed E-state index contributed by atoms with van der Waals surface area (Å²) in [6.45, 7) is 5.81. The summed E-state index contributed by atoms with van der Waals surface area (Å²) in [7, 11) is 0. The van der Waals surface area contributed by atoms with Crippen molar-refractivity contribution in [1.29, 1.82) is 21.0 Å². The van der Waals surface area contributed by atoms with Crippen LogP contribution < -0.4 is 0 Å². The van der Waals surface area contributed by atoms with Crippen LogP contribution in [0, 0.1) is 61.6 Å². The molecule has 23 heavy (non-hydrogen) atoms. The lowest BCUT2D eigenvalue weighted by Gasteiger charge is -2.34. The van der Waals surface area contributed by atoms with Crippen molar-refractivity contribution < 1.29 is 9.53 Å². The van der Waals surface area contributed by atoms with Gasteiger partial charge in [-0.3, -0.25) is 0 Å². The first-order chi connectivity index (χ1) is 10.7. The van der Waals surface area contributed by atoms with Crippen LogP contribution in [-0.4, -0.2) is 29.7 Å². The average Bonchev–Trinajstić information content (AvgIpc) is 3.00. The largest absolute Gasteiger partial charge is 0.444 e. The van der Waals surface area contributed by atoms with Crippen LogP contribution in [0.25, 0.3) is 0 Å². The monoisotopic (exact) mass is 311 g/mol. The van der Waals surface area contributed by atoms with Crippen LogP contribution in [0.2, 0.25) is 0 Å². The number of piperidine rings is 1. The molecule has 1 amide bonds. The molecule has 2 aliphatic rings. The van der Waals surface area contributed by atoms with Crippen molar-refractivity contribution in [2.24, 2.45) is 16.2 Å². The van der Waals surface area contributed by atoms with Crippen LogP contribution in [0.1, 0.15) is 33.6 Å². The molecule has 1 spiro atoms. The molecule has 0 radical (unpaired) electrons. The average molecular weight is 311 g/mol. The van der Waals surface area contributed by atoms with E-state index in [1.807, 2.05) is 24.3 Å². The Morgan fingerprint density at radius 3 is 1.65 bits per heavy atom. The molecule has 0 bridgehead atoms. The number of nitriles is 4. The SMILES string of the molecule is CC(C)(C)OC(=O)N1CCC2(CC1)C(C#N)(C#N)C2(C#N)C#N. The van der Waals surface area contributed by atoms with Crippen molar-refractivity contribution >= 4 is 6.09 Å². The fourth-order valence-corrected chi connectivity index (χ4v) is 3.65. The number of ether oxygens (including phenoxy) is 1. The zero-order valence-corrected chi connectivity index (χ0v) is 13.4. The van der Waals surface area contributed by atoms with Gasteiger partial charge in [-0.1, -0.05) is 0 Å². The number of hydrogen-bond donors (Lipinski definition) is 0. The second-order valence-corrected chi connectivity index (χ2v) is 7.00. The van der Waals surface area contributed by atoms with Gasteiger partial charge in [0.15, 0.2) is 10.8 Å². The van der Waals surface area contributed by atoms with Gasteiger partial charge in [-0.15, -0.1) is 0 Å². The molecule has 1 aliphatic carbocycles. The number of hydrogen-bond acceptors (Lipinski definition) is 6. The number of carbonyl (C=O) groups is 1. The van der Waals surface area contributed by atoms with Crippen molar-refractivity contribution in [2.75, 3.05) is 13.1 Å². The molecule has 1 saturated heterocycles. The van der Waals surface area contributed by atoms with Crippen molar-refractivity contribution in [2.45, 2.75) is 39.2 Å². The minimum Gasteiger partial charge on any atom is -0.444 e. The quantitative estimate of drug-likeness (QED) is 0.674. The lowest BCUT2D eigenvalue weighted by molar-refractivity contribution is 0.0155. The zero-order chi connectivity index (χ0) is 17.5. The van der Waals surface area contributed by atoms with Crippen LogP contribution in [0.15, 0.2) is 0 Å². The van der Waals surface area contributed by atoms with Gasteiger partial charge < -0.3 is 9.64 Å². The Balaban J connectivity index is 2.21. The van der Waals surface area contributed by atoms with Crippen LogP contribution in [0.3, 0.4) is 0 Å². The maximum absolute atomic E-state index is 12.1. The Morgan fingerprint density at radius 1 is 0.957 bits per heavy atom. The Morgan fingerprint density at radius 2 is 1.35 bits per heavy atom. The minimum atomic E-state index is -1.62. The fraction of sp³-hybridized carbons (Fsp3) is 0.688. The highest BCUT2D eigenvalue weighted by atomic mass is 16.6. The number of nitrogens with zero attached hydrogens (tertiary/aromatic N) is 5. The molecule has 2 rings (SSSR count). The molecule has 7 nitrogen and oxygen atoms in total. The standard InChI is InChI=1S/C16H17N5O2/c1-13(2,3)23-12(22)21-6-4-14(5-7-21)15(8-17,9-18)16(14,10-19)11-20/h4-7H2,1-3H3. The van der Waals surface area contributed by atoms with Gasteiger partial charge >= 0.3 is 6.09 Å². The van der Waals surface area contributed by atoms with E-state index in [1.165, 1.54) is 4.90 Å². The molecule has 0 N–H and O–H groups in total. The van der Waals surface area contributed by atoms with Crippen LogP contribution in [0.5, 0.6) is 0 Å². The highest BCUT2D eigenvalue weighted by Gasteiger charge is 2.91. The second kappa shape index (κ2) is 4.87. The highest BCUT2D eigenvalue weighted by Crippen LogP contribution is 2.81. The Hall–Kier alpha value is -2.77. The summed E-state index contributed by atoms with van der Waals surface area (Å²) < 4.78 is 5.30. The van der Waals surface area contributed by atoms with Gasteiger partial charge in [0.05, 0.1) is 24.3 Å². The van der Waals surface area contributed by atoms with E-state index >= 15 is 0 Å². The summed E-state index contributed by atoms with van der Waals surface area (Å²) in [5, 5.41) is 37.7. The van der Waals surface area contributed by atoms with Gasteiger partial charge in [-0.25, -0.2) is 4.79 Å². The Bertz CT molecular complexity index is 631. The van der Waals surface area contributed by atoms with E-state index in [4.69, 9.17) is 4.74 Å². The van der Waals surface area contributed by atoms with Gasteiger partial charge in [0, 0.05) is 18.5 Å². The normalized spacial score (nSPS) is 22.8. The third kappa shape index (κ3) is 1.87. The number of rotatable bonds is 0. The summed E-state index contributed by atoms with van der Waals surface area (Å²) in [5.41, 5.74) is -4.85. The molecular formula is C16H17N5O2. The summed E-state index contributed by atoms with van der Waals surface area (Å²) in [6, 6.07) is 7.59. The summed E-state index contributed by atoms with van der Waals surface area (Å²) in [6.07, 6.45) is 0.0511. The first-order valence-corrected chi connectivity index (χ1v) is 7.32. The number of carbonyl (C=O) groups excluding carboxylic acids is 1. The van der Waals surface area contributed by atoms with Crippen LogP contribution >= 0.6 is 0 Å². The predicted molar refractivity (Wildman–Crippen MR) is 76.8 cm³/mol. The fourth-order valence-electron chi connectivity index (χ4n) is 3.65. The summed E-state index contributed by atoms with van der Waals surface area (Å²) >= 11 is 0. The minimum absolute atomic E-state index is 0.255. The highest BCUT2D eigenvalue weighted by molar-refractivity contribution is 5.68. The zero-order valence-electron chi connectivity index (χ0n) is 13.4. The van der Waals surface area contributed by atoms with E-state index < -0.39 is 27.9 Å². The first-order valence-electron chi connectivity index (χ1n) is 7.32. The van der Waals surface area contributed by atoms with Crippen molar-refractivity contribution in [3.05, 3.63) is 0 Å². The maximum Gasteiger partial charge on any atom is 0.410 e. The van der Waals surface area contributed by atoms with E-state index in [0.29, 0.717) is 0 Å². The third-order valence-electron chi connectivity index (χ3n) is 4.88. The van der Waals surface area contributed by atoms with Crippen molar-refractivity contribution in [1.82, 2.24) is 4.90 Å². The molecule has 2 fully saturated rings. The molecule has 1 heterocycles. The first kappa shape index (κ1) is 16.6. The molecule has 118 valence electrons. The van der Waals surface area contributed by atoms with Gasteiger partial charge in [-0.05, 0) is 33.6 Å². The molecular weight excluding hydrogens is 294 g/mol.